The van der Waals surface area contributed by atoms with Crippen molar-refractivity contribution in [1.82, 2.24) is 4.98 Å². The van der Waals surface area contributed by atoms with E-state index >= 15 is 0 Å². The minimum atomic E-state index is 0.677. The number of anilines is 1. The van der Waals surface area contributed by atoms with Gasteiger partial charge in [0.25, 0.3) is 0 Å². The molecular weight excluding hydrogens is 252 g/mol. The van der Waals surface area contributed by atoms with E-state index < -0.39 is 0 Å². The van der Waals surface area contributed by atoms with Crippen LogP contribution in [0.3, 0.4) is 0 Å². The summed E-state index contributed by atoms with van der Waals surface area (Å²) in [5, 5.41) is 0. The fourth-order valence-electron chi connectivity index (χ4n) is 1.65. The Morgan fingerprint density at radius 1 is 1.60 bits per heavy atom. The first-order valence-corrected chi connectivity index (χ1v) is 6.02. The van der Waals surface area contributed by atoms with Gasteiger partial charge in [-0.3, -0.25) is 0 Å². The molecule has 1 saturated carbocycles. The normalized spacial score (nSPS) is 15.1. The van der Waals surface area contributed by atoms with Gasteiger partial charge in [0.15, 0.2) is 0 Å². The number of nitrogens with zero attached hydrogens (tertiary/aromatic N) is 2. The number of pyridine rings is 1. The standard InChI is InChI=1S/C12H15BrN2/c1-3-8-15(10-4-5-10)12-7-6-11(13)9(2)14-12/h3,6-7,10H,1,4-5,8H2,2H3. The van der Waals surface area contributed by atoms with Crippen molar-refractivity contribution in [3.63, 3.8) is 0 Å². The smallest absolute Gasteiger partial charge is 0.129 e. The van der Waals surface area contributed by atoms with E-state index in [0.717, 1.165) is 22.5 Å². The van der Waals surface area contributed by atoms with E-state index in [4.69, 9.17) is 0 Å². The first-order valence-electron chi connectivity index (χ1n) is 5.23. The molecular formula is C12H15BrN2. The second-order valence-electron chi connectivity index (χ2n) is 3.91. The molecule has 0 amide bonds. The zero-order valence-corrected chi connectivity index (χ0v) is 10.5. The van der Waals surface area contributed by atoms with Gasteiger partial charge in [-0.1, -0.05) is 6.08 Å². The van der Waals surface area contributed by atoms with Crippen molar-refractivity contribution in [1.29, 1.82) is 0 Å². The molecule has 2 rings (SSSR count). The van der Waals surface area contributed by atoms with Crippen LogP contribution in [0.25, 0.3) is 0 Å². The van der Waals surface area contributed by atoms with Gasteiger partial charge < -0.3 is 4.90 Å². The maximum absolute atomic E-state index is 4.58. The average Bonchev–Trinajstić information content (AvgIpc) is 3.02. The molecule has 1 heterocycles. The molecule has 0 atom stereocenters. The first kappa shape index (κ1) is 10.7. The SMILES string of the molecule is C=CCN(c1ccc(Br)c(C)n1)C1CC1. The molecule has 0 N–H and O–H groups in total. The summed E-state index contributed by atoms with van der Waals surface area (Å²) in [6.07, 6.45) is 4.51. The highest BCUT2D eigenvalue weighted by molar-refractivity contribution is 9.10. The predicted octanol–water partition coefficient (Wildman–Crippen LogP) is 3.31. The van der Waals surface area contributed by atoms with Crippen LogP contribution in [0.4, 0.5) is 5.82 Å². The van der Waals surface area contributed by atoms with E-state index in [0.29, 0.717) is 6.04 Å². The molecule has 0 bridgehead atoms. The zero-order valence-electron chi connectivity index (χ0n) is 8.91. The van der Waals surface area contributed by atoms with Gasteiger partial charge in [-0.05, 0) is 47.8 Å². The monoisotopic (exact) mass is 266 g/mol. The number of aromatic nitrogens is 1. The molecule has 0 aliphatic heterocycles. The predicted molar refractivity (Wildman–Crippen MR) is 67.2 cm³/mol. The van der Waals surface area contributed by atoms with E-state index in [9.17, 15) is 0 Å². The third-order valence-corrected chi connectivity index (χ3v) is 3.45. The summed E-state index contributed by atoms with van der Waals surface area (Å²) in [7, 11) is 0. The maximum Gasteiger partial charge on any atom is 0.129 e. The van der Waals surface area contributed by atoms with Crippen LogP contribution < -0.4 is 4.90 Å². The second-order valence-corrected chi connectivity index (χ2v) is 4.76. The largest absolute Gasteiger partial charge is 0.350 e. The Hall–Kier alpha value is -0.830. The third-order valence-electron chi connectivity index (χ3n) is 2.61. The van der Waals surface area contributed by atoms with Crippen molar-refractivity contribution in [3.8, 4) is 0 Å². The fourth-order valence-corrected chi connectivity index (χ4v) is 1.87. The summed E-state index contributed by atoms with van der Waals surface area (Å²) >= 11 is 3.47. The van der Waals surface area contributed by atoms with Gasteiger partial charge in [-0.15, -0.1) is 6.58 Å². The van der Waals surface area contributed by atoms with Crippen LogP contribution in [0.1, 0.15) is 18.5 Å². The molecule has 0 spiro atoms. The summed E-state index contributed by atoms with van der Waals surface area (Å²) < 4.78 is 1.07. The van der Waals surface area contributed by atoms with Gasteiger partial charge in [-0.25, -0.2) is 4.98 Å². The van der Waals surface area contributed by atoms with Crippen molar-refractivity contribution < 1.29 is 0 Å². The second kappa shape index (κ2) is 4.35. The number of hydrogen-bond donors (Lipinski definition) is 0. The van der Waals surface area contributed by atoms with Crippen LogP contribution in [0, 0.1) is 6.92 Å². The van der Waals surface area contributed by atoms with Crippen molar-refractivity contribution in [3.05, 3.63) is 35.0 Å². The van der Waals surface area contributed by atoms with Crippen molar-refractivity contribution in [2.75, 3.05) is 11.4 Å². The summed E-state index contributed by atoms with van der Waals surface area (Å²) in [6, 6.07) is 4.81. The molecule has 0 unspecified atom stereocenters. The van der Waals surface area contributed by atoms with Crippen molar-refractivity contribution in [2.24, 2.45) is 0 Å². The van der Waals surface area contributed by atoms with E-state index in [1.807, 2.05) is 13.0 Å². The zero-order chi connectivity index (χ0) is 10.8. The Kier molecular flexibility index (Phi) is 3.10. The molecule has 2 nitrogen and oxygen atoms in total. The molecule has 0 radical (unpaired) electrons. The minimum absolute atomic E-state index is 0.677. The van der Waals surface area contributed by atoms with E-state index in [1.165, 1.54) is 12.8 Å². The van der Waals surface area contributed by atoms with E-state index in [-0.39, 0.29) is 0 Å². The average molecular weight is 267 g/mol. The number of halogens is 1. The molecule has 1 fully saturated rings. The Labute approximate surface area is 99.1 Å². The number of rotatable bonds is 4. The third kappa shape index (κ3) is 2.40. The highest BCUT2D eigenvalue weighted by Gasteiger charge is 2.29. The van der Waals surface area contributed by atoms with Crippen LogP contribution >= 0.6 is 15.9 Å². The van der Waals surface area contributed by atoms with Gasteiger partial charge in [0, 0.05) is 17.1 Å². The summed E-state index contributed by atoms with van der Waals surface area (Å²) in [4.78, 5) is 6.91. The molecule has 1 aromatic rings. The quantitative estimate of drug-likeness (QED) is 0.778. The van der Waals surface area contributed by atoms with Gasteiger partial charge in [0.1, 0.15) is 5.82 Å². The van der Waals surface area contributed by atoms with Crippen molar-refractivity contribution >= 4 is 21.7 Å². The maximum atomic E-state index is 4.58. The van der Waals surface area contributed by atoms with Crippen molar-refractivity contribution in [2.45, 2.75) is 25.8 Å². The minimum Gasteiger partial charge on any atom is -0.350 e. The highest BCUT2D eigenvalue weighted by Crippen LogP contribution is 2.31. The lowest BCUT2D eigenvalue weighted by molar-refractivity contribution is 0.836. The molecule has 3 heteroatoms. The Bertz CT molecular complexity index is 372. The number of aryl methyl sites for hydroxylation is 1. The topological polar surface area (TPSA) is 16.1 Å². The van der Waals surface area contributed by atoms with Gasteiger partial charge in [0.2, 0.25) is 0 Å². The lowest BCUT2D eigenvalue weighted by atomic mass is 10.3. The number of hydrogen-bond acceptors (Lipinski definition) is 2. The first-order chi connectivity index (χ1) is 7.22. The Balaban J connectivity index is 2.24. The van der Waals surface area contributed by atoms with Crippen LogP contribution in [-0.2, 0) is 0 Å². The Morgan fingerprint density at radius 3 is 2.87 bits per heavy atom. The molecule has 0 aromatic carbocycles. The van der Waals surface area contributed by atoms with E-state index in [1.54, 1.807) is 0 Å². The fraction of sp³-hybridized carbons (Fsp3) is 0.417. The van der Waals surface area contributed by atoms with Gasteiger partial charge in [0.05, 0.1) is 5.69 Å². The lowest BCUT2D eigenvalue weighted by Gasteiger charge is -2.22. The molecule has 0 saturated heterocycles. The molecule has 15 heavy (non-hydrogen) atoms. The van der Waals surface area contributed by atoms with E-state index in [2.05, 4.69) is 44.5 Å². The van der Waals surface area contributed by atoms with Crippen LogP contribution in [0.5, 0.6) is 0 Å². The van der Waals surface area contributed by atoms with Crippen LogP contribution in [0.15, 0.2) is 29.3 Å². The summed E-state index contributed by atoms with van der Waals surface area (Å²) in [5.41, 5.74) is 1.04. The Morgan fingerprint density at radius 2 is 2.33 bits per heavy atom. The van der Waals surface area contributed by atoms with Gasteiger partial charge in [-0.2, -0.15) is 0 Å². The highest BCUT2D eigenvalue weighted by atomic mass is 79.9. The molecule has 1 aliphatic rings. The van der Waals surface area contributed by atoms with Gasteiger partial charge >= 0.3 is 0 Å². The molecule has 80 valence electrons. The van der Waals surface area contributed by atoms with Crippen LogP contribution in [0.2, 0.25) is 0 Å². The lowest BCUT2D eigenvalue weighted by Crippen LogP contribution is -2.26. The van der Waals surface area contributed by atoms with Crippen LogP contribution in [-0.4, -0.2) is 17.6 Å². The summed E-state index contributed by atoms with van der Waals surface area (Å²) in [6.45, 7) is 6.71. The summed E-state index contributed by atoms with van der Waals surface area (Å²) in [5.74, 6) is 1.07. The molecule has 1 aliphatic carbocycles. The molecule has 1 aromatic heterocycles.